The van der Waals surface area contributed by atoms with Crippen LogP contribution in [0.15, 0.2) is 24.3 Å². The van der Waals surface area contributed by atoms with Gasteiger partial charge >= 0.3 is 0 Å². The maximum absolute atomic E-state index is 11.3. The Morgan fingerprint density at radius 3 is 2.82 bits per heavy atom. The summed E-state index contributed by atoms with van der Waals surface area (Å²) < 4.78 is 5.20. The number of hydrogen-bond acceptors (Lipinski definition) is 4. The van der Waals surface area contributed by atoms with Gasteiger partial charge in [-0.3, -0.25) is 4.79 Å². The van der Waals surface area contributed by atoms with E-state index in [9.17, 15) is 4.79 Å². The average Bonchev–Trinajstić information content (AvgIpc) is 2.37. The first-order valence-electron chi connectivity index (χ1n) is 5.03. The fourth-order valence-corrected chi connectivity index (χ4v) is 1.14. The van der Waals surface area contributed by atoms with Crippen molar-refractivity contribution in [1.82, 2.24) is 5.32 Å². The van der Waals surface area contributed by atoms with Gasteiger partial charge in [0.2, 0.25) is 0 Å². The number of para-hydroxylation sites is 1. The lowest BCUT2D eigenvalue weighted by Crippen LogP contribution is -2.29. The summed E-state index contributed by atoms with van der Waals surface area (Å²) in [5.41, 5.74) is 0.386. The predicted molar refractivity (Wildman–Crippen MR) is 59.9 cm³/mol. The number of carbonyl (C=O) groups is 1. The highest BCUT2D eigenvalue weighted by Gasteiger charge is 2.05. The van der Waals surface area contributed by atoms with E-state index in [1.807, 2.05) is 12.1 Å². The molecule has 1 amide bonds. The SMILES string of the molecule is N#CCCNC(=O)COc1ccccc1C#N. The van der Waals surface area contributed by atoms with Gasteiger partial charge in [-0.25, -0.2) is 0 Å². The molecule has 0 aliphatic carbocycles. The number of benzene rings is 1. The Morgan fingerprint density at radius 2 is 2.12 bits per heavy atom. The molecule has 0 atom stereocenters. The first-order chi connectivity index (χ1) is 8.27. The molecule has 0 saturated carbocycles. The monoisotopic (exact) mass is 229 g/mol. The van der Waals surface area contributed by atoms with Crippen LogP contribution < -0.4 is 10.1 Å². The number of nitrogens with one attached hydrogen (secondary N) is 1. The fraction of sp³-hybridized carbons (Fsp3) is 0.250. The summed E-state index contributed by atoms with van der Waals surface area (Å²) in [4.78, 5) is 11.3. The summed E-state index contributed by atoms with van der Waals surface area (Å²) in [6.07, 6.45) is 0.264. The van der Waals surface area contributed by atoms with Crippen molar-refractivity contribution in [2.24, 2.45) is 0 Å². The molecule has 5 nitrogen and oxygen atoms in total. The standard InChI is InChI=1S/C12H11N3O2/c13-6-3-7-15-12(16)9-17-11-5-2-1-4-10(11)8-14/h1-2,4-5H,3,7,9H2,(H,15,16). The zero-order chi connectivity index (χ0) is 12.5. The zero-order valence-electron chi connectivity index (χ0n) is 9.14. The number of nitrogens with zero attached hydrogens (tertiary/aromatic N) is 2. The van der Waals surface area contributed by atoms with Crippen LogP contribution in [0.1, 0.15) is 12.0 Å². The molecule has 1 N–H and O–H groups in total. The van der Waals surface area contributed by atoms with Gasteiger partial charge in [0.05, 0.1) is 18.1 Å². The van der Waals surface area contributed by atoms with Gasteiger partial charge in [0.1, 0.15) is 11.8 Å². The Hall–Kier alpha value is -2.53. The Labute approximate surface area is 99.2 Å². The van der Waals surface area contributed by atoms with Crippen molar-refractivity contribution in [3.63, 3.8) is 0 Å². The summed E-state index contributed by atoms with van der Waals surface area (Å²) in [7, 11) is 0. The molecule has 1 aromatic carbocycles. The van der Waals surface area contributed by atoms with E-state index >= 15 is 0 Å². The van der Waals surface area contributed by atoms with Gasteiger partial charge in [0.25, 0.3) is 5.91 Å². The minimum absolute atomic E-state index is 0.163. The summed E-state index contributed by atoms with van der Waals surface area (Å²) in [5, 5.41) is 19.6. The van der Waals surface area contributed by atoms with Crippen molar-refractivity contribution in [3.8, 4) is 17.9 Å². The molecule has 1 aromatic rings. The predicted octanol–water partition coefficient (Wildman–Crippen LogP) is 0.967. The normalized spacial score (nSPS) is 8.82. The lowest BCUT2D eigenvalue weighted by molar-refractivity contribution is -0.123. The molecule has 0 unspecified atom stereocenters. The van der Waals surface area contributed by atoms with Crippen LogP contribution in [0.25, 0.3) is 0 Å². The number of ether oxygens (including phenoxy) is 1. The number of rotatable bonds is 5. The lowest BCUT2D eigenvalue weighted by Gasteiger charge is -2.07. The van der Waals surface area contributed by atoms with E-state index in [2.05, 4.69) is 5.32 Å². The van der Waals surface area contributed by atoms with Crippen molar-refractivity contribution in [2.45, 2.75) is 6.42 Å². The molecule has 1 rings (SSSR count). The van der Waals surface area contributed by atoms with Crippen molar-refractivity contribution in [1.29, 1.82) is 10.5 Å². The van der Waals surface area contributed by atoms with Gasteiger partial charge in [-0.2, -0.15) is 10.5 Å². The molecular weight excluding hydrogens is 218 g/mol. The molecule has 0 saturated heterocycles. The number of carbonyl (C=O) groups excluding carboxylic acids is 1. The maximum Gasteiger partial charge on any atom is 0.257 e. The molecule has 0 heterocycles. The van der Waals surface area contributed by atoms with Crippen LogP contribution in [-0.2, 0) is 4.79 Å². The summed E-state index contributed by atoms with van der Waals surface area (Å²) in [6, 6.07) is 10.6. The molecule has 17 heavy (non-hydrogen) atoms. The fourth-order valence-electron chi connectivity index (χ4n) is 1.14. The van der Waals surface area contributed by atoms with Crippen LogP contribution in [0.4, 0.5) is 0 Å². The number of nitriles is 2. The van der Waals surface area contributed by atoms with Crippen LogP contribution in [0.2, 0.25) is 0 Å². The second-order valence-electron chi connectivity index (χ2n) is 3.15. The molecule has 0 aliphatic rings. The summed E-state index contributed by atoms with van der Waals surface area (Å²) >= 11 is 0. The van der Waals surface area contributed by atoms with Gasteiger partial charge in [0, 0.05) is 6.54 Å². The van der Waals surface area contributed by atoms with Crippen molar-refractivity contribution < 1.29 is 9.53 Å². The molecule has 86 valence electrons. The first-order valence-corrected chi connectivity index (χ1v) is 5.03. The van der Waals surface area contributed by atoms with Crippen LogP contribution in [0.5, 0.6) is 5.75 Å². The van der Waals surface area contributed by atoms with Gasteiger partial charge in [0.15, 0.2) is 6.61 Å². The highest BCUT2D eigenvalue weighted by atomic mass is 16.5. The second kappa shape index (κ2) is 6.86. The Bertz CT molecular complexity index is 471. The molecule has 5 heteroatoms. The topological polar surface area (TPSA) is 85.9 Å². The zero-order valence-corrected chi connectivity index (χ0v) is 9.14. The van der Waals surface area contributed by atoms with Gasteiger partial charge in [-0.15, -0.1) is 0 Å². The third kappa shape index (κ3) is 4.23. The Morgan fingerprint density at radius 1 is 1.35 bits per heavy atom. The minimum atomic E-state index is -0.312. The highest BCUT2D eigenvalue weighted by molar-refractivity contribution is 5.77. The quantitative estimate of drug-likeness (QED) is 0.762. The van der Waals surface area contributed by atoms with Gasteiger partial charge < -0.3 is 10.1 Å². The molecule has 0 radical (unpaired) electrons. The third-order valence-electron chi connectivity index (χ3n) is 1.93. The molecule has 0 fully saturated rings. The molecule has 0 aliphatic heterocycles. The Balaban J connectivity index is 2.43. The largest absolute Gasteiger partial charge is 0.482 e. The lowest BCUT2D eigenvalue weighted by atomic mass is 10.2. The van der Waals surface area contributed by atoms with Crippen molar-refractivity contribution >= 4 is 5.91 Å². The van der Waals surface area contributed by atoms with Gasteiger partial charge in [-0.1, -0.05) is 12.1 Å². The maximum atomic E-state index is 11.3. The summed E-state index contributed by atoms with van der Waals surface area (Å²) in [5.74, 6) is 0.0680. The van der Waals surface area contributed by atoms with E-state index in [-0.39, 0.29) is 18.9 Å². The third-order valence-corrected chi connectivity index (χ3v) is 1.93. The van der Waals surface area contributed by atoms with E-state index in [4.69, 9.17) is 15.3 Å². The molecule has 0 aromatic heterocycles. The van der Waals surface area contributed by atoms with E-state index in [0.717, 1.165) is 0 Å². The van der Waals surface area contributed by atoms with E-state index < -0.39 is 0 Å². The summed E-state index contributed by atoms with van der Waals surface area (Å²) in [6.45, 7) is 0.142. The van der Waals surface area contributed by atoms with E-state index in [0.29, 0.717) is 17.9 Å². The first kappa shape index (κ1) is 12.5. The van der Waals surface area contributed by atoms with E-state index in [1.165, 1.54) is 0 Å². The van der Waals surface area contributed by atoms with Crippen LogP contribution in [0, 0.1) is 22.7 Å². The average molecular weight is 229 g/mol. The van der Waals surface area contributed by atoms with Crippen molar-refractivity contribution in [2.75, 3.05) is 13.2 Å². The minimum Gasteiger partial charge on any atom is -0.482 e. The van der Waals surface area contributed by atoms with Gasteiger partial charge in [-0.05, 0) is 12.1 Å². The number of amides is 1. The van der Waals surface area contributed by atoms with Crippen LogP contribution in [-0.4, -0.2) is 19.1 Å². The van der Waals surface area contributed by atoms with Crippen molar-refractivity contribution in [3.05, 3.63) is 29.8 Å². The second-order valence-corrected chi connectivity index (χ2v) is 3.15. The highest BCUT2D eigenvalue weighted by Crippen LogP contribution is 2.15. The van der Waals surface area contributed by atoms with E-state index in [1.54, 1.807) is 24.3 Å². The molecular formula is C12H11N3O2. The Kier molecular flexibility index (Phi) is 5.06. The molecule has 0 bridgehead atoms. The number of hydrogen-bond donors (Lipinski definition) is 1. The van der Waals surface area contributed by atoms with Crippen LogP contribution >= 0.6 is 0 Å². The smallest absolute Gasteiger partial charge is 0.257 e. The van der Waals surface area contributed by atoms with Crippen LogP contribution in [0.3, 0.4) is 0 Å². The molecule has 0 spiro atoms.